The molecule has 28 heavy (non-hydrogen) atoms. The van der Waals surface area contributed by atoms with Crippen molar-refractivity contribution in [3.8, 4) is 29.1 Å². The number of aryl methyl sites for hydroxylation is 1. The summed E-state index contributed by atoms with van der Waals surface area (Å²) in [4.78, 5) is 12.5. The van der Waals surface area contributed by atoms with Crippen LogP contribution < -0.4 is 14.8 Å². The molecule has 0 bridgehead atoms. The maximum Gasteiger partial charge on any atom is 0.255 e. The number of carbonyl (C=O) groups is 1. The van der Waals surface area contributed by atoms with Crippen LogP contribution in [0.1, 0.15) is 15.9 Å². The van der Waals surface area contributed by atoms with Crippen molar-refractivity contribution in [1.29, 1.82) is 0 Å². The first kappa shape index (κ1) is 19.1. The molecule has 0 aliphatic heterocycles. The van der Waals surface area contributed by atoms with Crippen LogP contribution in [0.4, 0.5) is 0 Å². The molecule has 0 aliphatic rings. The average Bonchev–Trinajstić information content (AvgIpc) is 2.73. The molecule has 0 heterocycles. The Labute approximate surface area is 165 Å². The highest BCUT2D eigenvalue weighted by Gasteiger charge is 2.11. The van der Waals surface area contributed by atoms with E-state index in [9.17, 15) is 4.79 Å². The molecule has 0 radical (unpaired) electrons. The molecule has 140 valence electrons. The molecule has 0 spiro atoms. The van der Waals surface area contributed by atoms with Crippen LogP contribution in [0.15, 0.2) is 78.9 Å². The summed E-state index contributed by atoms with van der Waals surface area (Å²) >= 11 is 0. The topological polar surface area (TPSA) is 47.6 Å². The van der Waals surface area contributed by atoms with Crippen molar-refractivity contribution in [2.45, 2.75) is 6.92 Å². The van der Waals surface area contributed by atoms with Crippen molar-refractivity contribution in [3.63, 3.8) is 0 Å². The Morgan fingerprint density at radius 2 is 1.54 bits per heavy atom. The summed E-state index contributed by atoms with van der Waals surface area (Å²) in [5, 5.41) is 2.79. The number of hydrogen-bond acceptors (Lipinski definition) is 3. The molecular formula is C24H21NO3. The predicted octanol–water partition coefficient (Wildman–Crippen LogP) is 4.60. The Kier molecular flexibility index (Phi) is 6.70. The second kappa shape index (κ2) is 9.84. The molecule has 0 fully saturated rings. The Balaban J connectivity index is 1.52. The molecule has 3 aromatic carbocycles. The molecule has 3 aromatic rings. The zero-order valence-electron chi connectivity index (χ0n) is 15.6. The molecule has 1 N–H and O–H groups in total. The van der Waals surface area contributed by atoms with Gasteiger partial charge in [-0.05, 0) is 42.8 Å². The van der Waals surface area contributed by atoms with Gasteiger partial charge in [0.2, 0.25) is 0 Å². The second-order valence-corrected chi connectivity index (χ2v) is 6.00. The summed E-state index contributed by atoms with van der Waals surface area (Å²) in [6, 6.07) is 24.3. The summed E-state index contributed by atoms with van der Waals surface area (Å²) in [5.74, 6) is 7.56. The van der Waals surface area contributed by atoms with Crippen LogP contribution in [0.25, 0.3) is 0 Å². The van der Waals surface area contributed by atoms with Gasteiger partial charge in [-0.2, -0.15) is 0 Å². The highest BCUT2D eigenvalue weighted by Crippen LogP contribution is 2.24. The smallest absolute Gasteiger partial charge is 0.255 e. The standard InChI is InChI=1S/C24H21NO3/c1-19-11-5-7-15-22(19)27-18-10-9-17-25-24(26)21-14-6-8-16-23(21)28-20-12-3-2-4-13-20/h2-8,11-16H,17-18H2,1H3,(H,25,26). The van der Waals surface area contributed by atoms with Crippen molar-refractivity contribution >= 4 is 5.91 Å². The predicted molar refractivity (Wildman–Crippen MR) is 110 cm³/mol. The summed E-state index contributed by atoms with van der Waals surface area (Å²) in [6.45, 7) is 2.49. The van der Waals surface area contributed by atoms with E-state index in [1.807, 2.05) is 67.6 Å². The Bertz CT molecular complexity index is 987. The van der Waals surface area contributed by atoms with Crippen molar-refractivity contribution in [3.05, 3.63) is 90.0 Å². The number of carbonyl (C=O) groups excluding carboxylic acids is 1. The van der Waals surface area contributed by atoms with Gasteiger partial charge in [0, 0.05) is 0 Å². The van der Waals surface area contributed by atoms with Gasteiger partial charge in [-0.3, -0.25) is 4.79 Å². The van der Waals surface area contributed by atoms with Gasteiger partial charge >= 0.3 is 0 Å². The number of benzene rings is 3. The first-order valence-corrected chi connectivity index (χ1v) is 8.98. The van der Waals surface area contributed by atoms with Gasteiger partial charge in [0.05, 0.1) is 12.1 Å². The first-order valence-electron chi connectivity index (χ1n) is 8.98. The van der Waals surface area contributed by atoms with Crippen LogP contribution in [0.3, 0.4) is 0 Å². The summed E-state index contributed by atoms with van der Waals surface area (Å²) in [7, 11) is 0. The minimum absolute atomic E-state index is 0.232. The van der Waals surface area contributed by atoms with Crippen molar-refractivity contribution < 1.29 is 14.3 Å². The molecule has 0 atom stereocenters. The maximum atomic E-state index is 12.5. The van der Waals surface area contributed by atoms with Gasteiger partial charge in [-0.15, -0.1) is 0 Å². The zero-order valence-corrected chi connectivity index (χ0v) is 15.6. The highest BCUT2D eigenvalue weighted by molar-refractivity contribution is 5.97. The van der Waals surface area contributed by atoms with Gasteiger partial charge in [-0.1, -0.05) is 60.4 Å². The molecule has 0 saturated carbocycles. The van der Waals surface area contributed by atoms with Crippen molar-refractivity contribution in [2.24, 2.45) is 0 Å². The van der Waals surface area contributed by atoms with Crippen LogP contribution in [0, 0.1) is 18.8 Å². The Morgan fingerprint density at radius 3 is 2.32 bits per heavy atom. The molecule has 1 amide bonds. The minimum atomic E-state index is -0.236. The van der Waals surface area contributed by atoms with Crippen LogP contribution in [0.2, 0.25) is 0 Å². The van der Waals surface area contributed by atoms with Gasteiger partial charge in [0.25, 0.3) is 5.91 Å². The lowest BCUT2D eigenvalue weighted by Crippen LogP contribution is -2.24. The summed E-state index contributed by atoms with van der Waals surface area (Å²) < 4.78 is 11.4. The quantitative estimate of drug-likeness (QED) is 0.644. The monoisotopic (exact) mass is 371 g/mol. The van der Waals surface area contributed by atoms with Crippen LogP contribution in [0.5, 0.6) is 17.2 Å². The van der Waals surface area contributed by atoms with Gasteiger partial charge in [0.15, 0.2) is 0 Å². The van der Waals surface area contributed by atoms with Gasteiger partial charge in [-0.25, -0.2) is 0 Å². The lowest BCUT2D eigenvalue weighted by atomic mass is 10.2. The normalized spacial score (nSPS) is 9.75. The summed E-state index contributed by atoms with van der Waals surface area (Å²) in [6.07, 6.45) is 0. The molecule has 0 unspecified atom stereocenters. The molecular weight excluding hydrogens is 350 g/mol. The average molecular weight is 371 g/mol. The van der Waals surface area contributed by atoms with E-state index in [4.69, 9.17) is 9.47 Å². The molecule has 4 nitrogen and oxygen atoms in total. The fourth-order valence-electron chi connectivity index (χ4n) is 2.52. The summed E-state index contributed by atoms with van der Waals surface area (Å²) in [5.41, 5.74) is 1.52. The van der Waals surface area contributed by atoms with Gasteiger partial charge < -0.3 is 14.8 Å². The lowest BCUT2D eigenvalue weighted by molar-refractivity contribution is 0.0956. The zero-order chi connectivity index (χ0) is 19.6. The van der Waals surface area contributed by atoms with E-state index in [-0.39, 0.29) is 19.1 Å². The van der Waals surface area contributed by atoms with E-state index in [1.54, 1.807) is 18.2 Å². The third kappa shape index (κ3) is 5.39. The van der Waals surface area contributed by atoms with Crippen molar-refractivity contribution in [2.75, 3.05) is 13.2 Å². The molecule has 0 aliphatic carbocycles. The Morgan fingerprint density at radius 1 is 0.857 bits per heavy atom. The maximum absolute atomic E-state index is 12.5. The number of ether oxygens (including phenoxy) is 2. The first-order chi connectivity index (χ1) is 13.7. The number of nitrogens with one attached hydrogen (secondary N) is 1. The van der Waals surface area contributed by atoms with Gasteiger partial charge in [0.1, 0.15) is 23.9 Å². The van der Waals surface area contributed by atoms with Crippen LogP contribution in [-0.2, 0) is 0 Å². The largest absolute Gasteiger partial charge is 0.481 e. The molecule has 0 saturated heterocycles. The van der Waals surface area contributed by atoms with Crippen LogP contribution in [-0.4, -0.2) is 19.1 Å². The minimum Gasteiger partial charge on any atom is -0.481 e. The van der Waals surface area contributed by atoms with E-state index in [0.29, 0.717) is 17.1 Å². The number of para-hydroxylation sites is 3. The molecule has 4 heteroatoms. The number of amides is 1. The van der Waals surface area contributed by atoms with Crippen LogP contribution >= 0.6 is 0 Å². The van der Waals surface area contributed by atoms with E-state index in [0.717, 1.165) is 11.3 Å². The number of rotatable bonds is 6. The third-order valence-corrected chi connectivity index (χ3v) is 3.96. The third-order valence-electron chi connectivity index (χ3n) is 3.96. The lowest BCUT2D eigenvalue weighted by Gasteiger charge is -2.10. The van der Waals surface area contributed by atoms with Crippen molar-refractivity contribution in [1.82, 2.24) is 5.32 Å². The second-order valence-electron chi connectivity index (χ2n) is 6.00. The fraction of sp³-hybridized carbons (Fsp3) is 0.125. The highest BCUT2D eigenvalue weighted by atomic mass is 16.5. The SMILES string of the molecule is Cc1ccccc1OCC#CCNC(=O)c1ccccc1Oc1ccccc1. The van der Waals surface area contributed by atoms with E-state index in [1.165, 1.54) is 0 Å². The molecule has 0 aromatic heterocycles. The van der Waals surface area contributed by atoms with E-state index < -0.39 is 0 Å². The number of hydrogen-bond donors (Lipinski definition) is 1. The Hall–Kier alpha value is -3.71. The fourth-order valence-corrected chi connectivity index (χ4v) is 2.52. The van der Waals surface area contributed by atoms with E-state index >= 15 is 0 Å². The molecule has 3 rings (SSSR count). The van der Waals surface area contributed by atoms with E-state index in [2.05, 4.69) is 17.2 Å².